The standard InChI is InChI=1S/C20H24N2O2/c1-15-9-8-10-16(2)20(15)21-19(24)14-22(3,4)13-18(23)17-11-6-5-7-12-17/h5-12H,13-14H2,1-4H3/p+1. The molecule has 0 aliphatic rings. The second-order valence-electron chi connectivity index (χ2n) is 6.86. The molecule has 0 radical (unpaired) electrons. The third-order valence-corrected chi connectivity index (χ3v) is 3.98. The van der Waals surface area contributed by atoms with E-state index in [1.165, 1.54) is 0 Å². The van der Waals surface area contributed by atoms with Crippen LogP contribution in [0.1, 0.15) is 21.5 Å². The van der Waals surface area contributed by atoms with E-state index in [-0.39, 0.29) is 24.8 Å². The number of carbonyl (C=O) groups excluding carboxylic acids is 2. The first-order valence-corrected chi connectivity index (χ1v) is 8.05. The molecule has 1 N–H and O–H groups in total. The van der Waals surface area contributed by atoms with Gasteiger partial charge in [-0.2, -0.15) is 0 Å². The van der Waals surface area contributed by atoms with Gasteiger partial charge in [0.25, 0.3) is 5.91 Å². The highest BCUT2D eigenvalue weighted by atomic mass is 16.2. The molecule has 2 rings (SSSR count). The van der Waals surface area contributed by atoms with Gasteiger partial charge >= 0.3 is 0 Å². The monoisotopic (exact) mass is 325 g/mol. The van der Waals surface area contributed by atoms with Gasteiger partial charge in [0.2, 0.25) is 5.78 Å². The van der Waals surface area contributed by atoms with Gasteiger partial charge in [-0.05, 0) is 25.0 Å². The molecule has 0 bridgehead atoms. The zero-order chi connectivity index (χ0) is 17.7. The van der Waals surface area contributed by atoms with E-state index in [4.69, 9.17) is 0 Å². The van der Waals surface area contributed by atoms with Gasteiger partial charge in [0, 0.05) is 11.3 Å². The van der Waals surface area contributed by atoms with Crippen molar-refractivity contribution in [2.45, 2.75) is 13.8 Å². The fourth-order valence-corrected chi connectivity index (χ4v) is 2.74. The van der Waals surface area contributed by atoms with Crippen LogP contribution in [0.4, 0.5) is 5.69 Å². The Labute approximate surface area is 143 Å². The molecule has 2 aromatic carbocycles. The largest absolute Gasteiger partial charge is 0.321 e. The van der Waals surface area contributed by atoms with Crippen molar-refractivity contribution in [3.63, 3.8) is 0 Å². The molecule has 0 unspecified atom stereocenters. The average Bonchev–Trinajstić information content (AvgIpc) is 2.51. The van der Waals surface area contributed by atoms with E-state index in [1.807, 2.05) is 64.3 Å². The number of rotatable bonds is 6. The van der Waals surface area contributed by atoms with E-state index in [0.717, 1.165) is 16.8 Å². The first-order valence-electron chi connectivity index (χ1n) is 8.05. The lowest BCUT2D eigenvalue weighted by Crippen LogP contribution is -2.48. The van der Waals surface area contributed by atoms with Crippen LogP contribution in [-0.4, -0.2) is 43.4 Å². The van der Waals surface area contributed by atoms with Gasteiger partial charge in [-0.15, -0.1) is 0 Å². The molecule has 0 heterocycles. The Balaban J connectivity index is 2.01. The Kier molecular flexibility index (Phi) is 5.52. The third kappa shape index (κ3) is 4.77. The number of aryl methyl sites for hydroxylation is 2. The molecule has 24 heavy (non-hydrogen) atoms. The number of hydrogen-bond donors (Lipinski definition) is 1. The maximum atomic E-state index is 12.4. The zero-order valence-corrected chi connectivity index (χ0v) is 14.8. The molecule has 4 heteroatoms. The van der Waals surface area contributed by atoms with E-state index in [1.54, 1.807) is 12.1 Å². The minimum absolute atomic E-state index is 0.0421. The second-order valence-corrected chi connectivity index (χ2v) is 6.86. The predicted octanol–water partition coefficient (Wildman–Crippen LogP) is 3.20. The maximum absolute atomic E-state index is 12.4. The molecule has 0 spiro atoms. The molecule has 0 atom stereocenters. The van der Waals surface area contributed by atoms with Crippen LogP contribution >= 0.6 is 0 Å². The van der Waals surface area contributed by atoms with Gasteiger partial charge in [-0.3, -0.25) is 9.59 Å². The average molecular weight is 325 g/mol. The van der Waals surface area contributed by atoms with Crippen molar-refractivity contribution < 1.29 is 14.1 Å². The third-order valence-electron chi connectivity index (χ3n) is 3.98. The number of anilines is 1. The van der Waals surface area contributed by atoms with Crippen molar-refractivity contribution in [2.24, 2.45) is 0 Å². The maximum Gasteiger partial charge on any atom is 0.279 e. The number of para-hydroxylation sites is 1. The van der Waals surface area contributed by atoms with Gasteiger partial charge < -0.3 is 9.80 Å². The molecule has 2 aromatic rings. The van der Waals surface area contributed by atoms with Crippen LogP contribution in [0.15, 0.2) is 48.5 Å². The molecule has 126 valence electrons. The van der Waals surface area contributed by atoms with Crippen molar-refractivity contribution in [3.8, 4) is 0 Å². The summed E-state index contributed by atoms with van der Waals surface area (Å²) in [4.78, 5) is 24.8. The number of hydrogen-bond acceptors (Lipinski definition) is 2. The predicted molar refractivity (Wildman–Crippen MR) is 97.2 cm³/mol. The lowest BCUT2D eigenvalue weighted by Gasteiger charge is -2.28. The molecule has 0 aliphatic heterocycles. The Hall–Kier alpha value is -2.46. The molecule has 4 nitrogen and oxygen atoms in total. The number of benzene rings is 2. The van der Waals surface area contributed by atoms with Crippen molar-refractivity contribution in [3.05, 3.63) is 65.2 Å². The zero-order valence-electron chi connectivity index (χ0n) is 14.8. The normalized spacial score (nSPS) is 11.2. The topological polar surface area (TPSA) is 46.2 Å². The number of nitrogens with zero attached hydrogens (tertiary/aromatic N) is 1. The fourth-order valence-electron chi connectivity index (χ4n) is 2.74. The number of carbonyl (C=O) groups is 2. The SMILES string of the molecule is Cc1cccc(C)c1NC(=O)C[N+](C)(C)CC(=O)c1ccccc1. The first-order chi connectivity index (χ1) is 11.3. The number of quaternary nitrogens is 1. The summed E-state index contributed by atoms with van der Waals surface area (Å²) in [6.45, 7) is 4.47. The van der Waals surface area contributed by atoms with Crippen molar-refractivity contribution in [2.75, 3.05) is 32.5 Å². The smallest absolute Gasteiger partial charge is 0.279 e. The summed E-state index contributed by atoms with van der Waals surface area (Å²) in [5.41, 5.74) is 3.61. The summed E-state index contributed by atoms with van der Waals surface area (Å²) < 4.78 is 0.310. The van der Waals surface area contributed by atoms with E-state index >= 15 is 0 Å². The summed E-state index contributed by atoms with van der Waals surface area (Å²) in [6.07, 6.45) is 0. The quantitative estimate of drug-likeness (QED) is 0.655. The van der Waals surface area contributed by atoms with Crippen LogP contribution in [0.2, 0.25) is 0 Å². The lowest BCUT2D eigenvalue weighted by atomic mass is 10.1. The molecule has 0 aliphatic carbocycles. The van der Waals surface area contributed by atoms with Crippen LogP contribution in [0.5, 0.6) is 0 Å². The first kappa shape index (κ1) is 17.9. The highest BCUT2D eigenvalue weighted by molar-refractivity contribution is 5.97. The Morgan fingerprint density at radius 1 is 0.875 bits per heavy atom. The van der Waals surface area contributed by atoms with E-state index in [9.17, 15) is 9.59 Å². The van der Waals surface area contributed by atoms with Crippen molar-refractivity contribution in [1.82, 2.24) is 0 Å². The minimum atomic E-state index is -0.0849. The van der Waals surface area contributed by atoms with Crippen molar-refractivity contribution in [1.29, 1.82) is 0 Å². The number of amides is 1. The minimum Gasteiger partial charge on any atom is -0.321 e. The molecular weight excluding hydrogens is 300 g/mol. The molecular formula is C20H25N2O2+. The van der Waals surface area contributed by atoms with Crippen molar-refractivity contribution >= 4 is 17.4 Å². The molecule has 0 aromatic heterocycles. The highest BCUT2D eigenvalue weighted by Gasteiger charge is 2.25. The highest BCUT2D eigenvalue weighted by Crippen LogP contribution is 2.19. The van der Waals surface area contributed by atoms with Crippen LogP contribution in [0, 0.1) is 13.8 Å². The van der Waals surface area contributed by atoms with E-state index in [2.05, 4.69) is 5.32 Å². The van der Waals surface area contributed by atoms with Gasteiger partial charge in [0.1, 0.15) is 6.54 Å². The summed E-state index contributed by atoms with van der Waals surface area (Å²) in [6, 6.07) is 15.1. The molecule has 0 saturated heterocycles. The summed E-state index contributed by atoms with van der Waals surface area (Å²) in [7, 11) is 3.79. The van der Waals surface area contributed by atoms with Crippen LogP contribution in [0.3, 0.4) is 0 Å². The van der Waals surface area contributed by atoms with Crippen LogP contribution in [-0.2, 0) is 4.79 Å². The second kappa shape index (κ2) is 7.41. The molecule has 0 fully saturated rings. The van der Waals surface area contributed by atoms with Gasteiger partial charge in [0.05, 0.1) is 14.1 Å². The van der Waals surface area contributed by atoms with Crippen LogP contribution < -0.4 is 5.32 Å². The number of likely N-dealkylation sites (N-methyl/N-ethyl adjacent to an activating group) is 1. The molecule has 0 saturated carbocycles. The van der Waals surface area contributed by atoms with E-state index < -0.39 is 0 Å². The van der Waals surface area contributed by atoms with Gasteiger partial charge in [-0.25, -0.2) is 0 Å². The van der Waals surface area contributed by atoms with Gasteiger partial charge in [0.15, 0.2) is 6.54 Å². The Morgan fingerprint density at radius 2 is 1.46 bits per heavy atom. The Bertz CT molecular complexity index is 716. The van der Waals surface area contributed by atoms with E-state index in [0.29, 0.717) is 10.0 Å². The van der Waals surface area contributed by atoms with Crippen LogP contribution in [0.25, 0.3) is 0 Å². The summed E-state index contributed by atoms with van der Waals surface area (Å²) in [5, 5.41) is 2.98. The fraction of sp³-hybridized carbons (Fsp3) is 0.300. The molecule has 1 amide bonds. The summed E-state index contributed by atoms with van der Waals surface area (Å²) >= 11 is 0. The lowest BCUT2D eigenvalue weighted by molar-refractivity contribution is -0.873. The number of ketones is 1. The number of Topliss-reactive ketones (excluding diaryl/α,β-unsaturated/α-hetero) is 1. The Morgan fingerprint density at radius 3 is 2.04 bits per heavy atom. The summed E-state index contributed by atoms with van der Waals surface area (Å²) in [5.74, 6) is -0.0428. The van der Waals surface area contributed by atoms with Gasteiger partial charge in [-0.1, -0.05) is 48.5 Å². The number of nitrogens with one attached hydrogen (secondary N) is 1.